The van der Waals surface area contributed by atoms with Crippen molar-refractivity contribution in [1.29, 1.82) is 0 Å². The van der Waals surface area contributed by atoms with E-state index in [2.05, 4.69) is 5.10 Å². The fraction of sp³-hybridized carbons (Fsp3) is 0.250. The lowest BCUT2D eigenvalue weighted by molar-refractivity contribution is -0.141. The lowest BCUT2D eigenvalue weighted by atomic mass is 9.80. The van der Waals surface area contributed by atoms with Crippen LogP contribution in [0.3, 0.4) is 0 Å². The third kappa shape index (κ3) is 3.58. The Labute approximate surface area is 154 Å². The van der Waals surface area contributed by atoms with Crippen LogP contribution in [0.4, 0.5) is 8.78 Å². The Morgan fingerprint density at radius 1 is 1.19 bits per heavy atom. The van der Waals surface area contributed by atoms with Crippen LogP contribution < -0.4 is 0 Å². The van der Waals surface area contributed by atoms with E-state index in [-0.39, 0.29) is 30.5 Å². The van der Waals surface area contributed by atoms with E-state index >= 15 is 0 Å². The first-order valence-corrected chi connectivity index (χ1v) is 8.44. The highest BCUT2D eigenvalue weighted by molar-refractivity contribution is 6.04. The molecule has 140 valence electrons. The second-order valence-electron chi connectivity index (χ2n) is 6.47. The van der Waals surface area contributed by atoms with Crippen LogP contribution in [0.2, 0.25) is 0 Å². The predicted octanol–water partition coefficient (Wildman–Crippen LogP) is 3.68. The summed E-state index contributed by atoms with van der Waals surface area (Å²) in [6.45, 7) is 1.31. The van der Waals surface area contributed by atoms with Gasteiger partial charge in [0, 0.05) is 25.3 Å². The number of amides is 1. The van der Waals surface area contributed by atoms with Gasteiger partial charge in [-0.05, 0) is 30.2 Å². The fourth-order valence-corrected chi connectivity index (χ4v) is 3.47. The number of carbonyl (C=O) groups excluding carboxylic acids is 1. The number of hydrazone groups is 1. The van der Waals surface area contributed by atoms with Crippen LogP contribution in [0.5, 0.6) is 0 Å². The molecule has 0 unspecified atom stereocenters. The molecule has 27 heavy (non-hydrogen) atoms. The minimum Gasteiger partial charge on any atom is -0.481 e. The van der Waals surface area contributed by atoms with Crippen molar-refractivity contribution in [3.05, 3.63) is 71.3 Å². The first-order chi connectivity index (χ1) is 12.8. The molecule has 0 saturated carbocycles. The molecule has 1 aliphatic heterocycles. The summed E-state index contributed by atoms with van der Waals surface area (Å²) in [5, 5.41) is 14.6. The van der Waals surface area contributed by atoms with Crippen LogP contribution in [-0.2, 0) is 15.1 Å². The minimum absolute atomic E-state index is 0.0330. The molecule has 5 nitrogen and oxygen atoms in total. The summed E-state index contributed by atoms with van der Waals surface area (Å²) >= 11 is 0. The molecule has 0 bridgehead atoms. The zero-order valence-electron chi connectivity index (χ0n) is 14.7. The molecule has 0 aliphatic carbocycles. The third-order valence-electron chi connectivity index (χ3n) is 4.69. The van der Waals surface area contributed by atoms with Crippen LogP contribution in [-0.4, -0.2) is 27.7 Å². The number of rotatable bonds is 5. The number of carboxylic acids is 1. The van der Waals surface area contributed by atoms with E-state index < -0.39 is 29.0 Å². The summed E-state index contributed by atoms with van der Waals surface area (Å²) in [4.78, 5) is 23.5. The summed E-state index contributed by atoms with van der Waals surface area (Å²) in [6, 6.07) is 11.9. The van der Waals surface area contributed by atoms with E-state index in [1.54, 1.807) is 30.3 Å². The van der Waals surface area contributed by atoms with E-state index in [1.807, 2.05) is 0 Å². The number of carboxylic acid groups (broad SMARTS) is 1. The highest BCUT2D eigenvalue weighted by atomic mass is 19.1. The average Bonchev–Trinajstić information content (AvgIpc) is 3.04. The van der Waals surface area contributed by atoms with Crippen LogP contribution in [0.25, 0.3) is 0 Å². The Balaban J connectivity index is 2.12. The van der Waals surface area contributed by atoms with Crippen molar-refractivity contribution in [2.75, 3.05) is 0 Å². The lowest BCUT2D eigenvalue weighted by Gasteiger charge is -2.36. The summed E-state index contributed by atoms with van der Waals surface area (Å²) in [5.74, 6) is -2.69. The number of aliphatic carboxylic acids is 1. The maximum atomic E-state index is 14.3. The van der Waals surface area contributed by atoms with Crippen molar-refractivity contribution in [2.24, 2.45) is 5.10 Å². The van der Waals surface area contributed by atoms with Crippen LogP contribution in [0.15, 0.2) is 53.6 Å². The van der Waals surface area contributed by atoms with Gasteiger partial charge in [-0.2, -0.15) is 5.10 Å². The third-order valence-corrected chi connectivity index (χ3v) is 4.69. The van der Waals surface area contributed by atoms with E-state index in [0.29, 0.717) is 5.56 Å². The summed E-state index contributed by atoms with van der Waals surface area (Å²) in [7, 11) is 0. The maximum absolute atomic E-state index is 14.3. The van der Waals surface area contributed by atoms with Crippen LogP contribution in [0, 0.1) is 11.6 Å². The standard InChI is InChI=1S/C20H18F2N2O3/c1-13(25)24-20(10-9-19(26)27,14-5-3-2-4-6-14)12-18(23-24)16-11-15(21)7-8-17(16)22/h2-8,11H,9-10,12H2,1H3,(H,26,27)/t20-/m0/s1. The van der Waals surface area contributed by atoms with Gasteiger partial charge in [0.25, 0.3) is 0 Å². The smallest absolute Gasteiger partial charge is 0.303 e. The van der Waals surface area contributed by atoms with Crippen molar-refractivity contribution in [1.82, 2.24) is 5.01 Å². The highest BCUT2D eigenvalue weighted by Gasteiger charge is 2.46. The lowest BCUT2D eigenvalue weighted by Crippen LogP contribution is -2.43. The molecule has 1 amide bonds. The Hall–Kier alpha value is -3.09. The highest BCUT2D eigenvalue weighted by Crippen LogP contribution is 2.43. The topological polar surface area (TPSA) is 70.0 Å². The molecular formula is C20H18F2N2O3. The van der Waals surface area contributed by atoms with Gasteiger partial charge in [-0.3, -0.25) is 9.59 Å². The van der Waals surface area contributed by atoms with Crippen molar-refractivity contribution < 1.29 is 23.5 Å². The van der Waals surface area contributed by atoms with E-state index in [1.165, 1.54) is 11.9 Å². The predicted molar refractivity (Wildman–Crippen MR) is 95.0 cm³/mol. The van der Waals surface area contributed by atoms with Gasteiger partial charge >= 0.3 is 5.97 Å². The Morgan fingerprint density at radius 2 is 1.89 bits per heavy atom. The molecule has 7 heteroatoms. The van der Waals surface area contributed by atoms with Crippen molar-refractivity contribution >= 4 is 17.6 Å². The quantitative estimate of drug-likeness (QED) is 0.870. The van der Waals surface area contributed by atoms with Gasteiger partial charge in [0.15, 0.2) is 0 Å². The number of hydrogen-bond donors (Lipinski definition) is 1. The summed E-state index contributed by atoms with van der Waals surface area (Å²) < 4.78 is 27.9. The zero-order chi connectivity index (χ0) is 19.6. The van der Waals surface area contributed by atoms with Crippen LogP contribution in [0.1, 0.15) is 37.3 Å². The molecular weight excluding hydrogens is 354 g/mol. The van der Waals surface area contributed by atoms with Gasteiger partial charge in [0.1, 0.15) is 11.6 Å². The number of hydrogen-bond acceptors (Lipinski definition) is 3. The van der Waals surface area contributed by atoms with Gasteiger partial charge in [-0.1, -0.05) is 30.3 Å². The zero-order valence-corrected chi connectivity index (χ0v) is 14.7. The largest absolute Gasteiger partial charge is 0.481 e. The normalized spacial score (nSPS) is 19.1. The Kier molecular flexibility index (Phi) is 5.03. The molecule has 0 fully saturated rings. The van der Waals surface area contributed by atoms with Gasteiger partial charge < -0.3 is 5.11 Å². The minimum atomic E-state index is -1.07. The molecule has 3 rings (SSSR count). The molecule has 2 aromatic rings. The molecule has 1 heterocycles. The molecule has 0 saturated heterocycles. The van der Waals surface area contributed by atoms with E-state index in [4.69, 9.17) is 0 Å². The second kappa shape index (κ2) is 7.26. The SMILES string of the molecule is CC(=O)N1N=C(c2cc(F)ccc2F)C[C@@]1(CCC(=O)O)c1ccccc1. The van der Waals surface area contributed by atoms with Gasteiger partial charge in [-0.15, -0.1) is 0 Å². The number of halogens is 2. The molecule has 1 N–H and O–H groups in total. The summed E-state index contributed by atoms with van der Waals surface area (Å²) in [5.41, 5.74) is -0.206. The number of benzene rings is 2. The molecule has 0 radical (unpaired) electrons. The average molecular weight is 372 g/mol. The molecule has 1 aliphatic rings. The first kappa shape index (κ1) is 18.7. The van der Waals surface area contributed by atoms with Crippen molar-refractivity contribution in [2.45, 2.75) is 31.7 Å². The molecule has 1 atom stereocenters. The monoisotopic (exact) mass is 372 g/mol. The van der Waals surface area contributed by atoms with E-state index in [0.717, 1.165) is 18.2 Å². The Bertz CT molecular complexity index is 915. The van der Waals surface area contributed by atoms with Gasteiger partial charge in [0.05, 0.1) is 11.3 Å². The second-order valence-corrected chi connectivity index (χ2v) is 6.47. The van der Waals surface area contributed by atoms with Gasteiger partial charge in [0.2, 0.25) is 5.91 Å². The van der Waals surface area contributed by atoms with E-state index in [9.17, 15) is 23.5 Å². The first-order valence-electron chi connectivity index (χ1n) is 8.44. The van der Waals surface area contributed by atoms with Crippen molar-refractivity contribution in [3.8, 4) is 0 Å². The molecule has 0 aromatic heterocycles. The molecule has 0 spiro atoms. The Morgan fingerprint density at radius 3 is 2.52 bits per heavy atom. The fourth-order valence-electron chi connectivity index (χ4n) is 3.47. The number of carbonyl (C=O) groups is 2. The van der Waals surface area contributed by atoms with Crippen molar-refractivity contribution in [3.63, 3.8) is 0 Å². The van der Waals surface area contributed by atoms with Gasteiger partial charge in [-0.25, -0.2) is 13.8 Å². The maximum Gasteiger partial charge on any atom is 0.303 e. The molecule has 2 aromatic carbocycles. The van der Waals surface area contributed by atoms with Crippen LogP contribution >= 0.6 is 0 Å². The summed E-state index contributed by atoms with van der Waals surface area (Å²) in [6.07, 6.45) is -0.0206. The number of nitrogens with zero attached hydrogens (tertiary/aromatic N) is 2.